The minimum atomic E-state index is -0.243. The molecule has 0 bridgehead atoms. The first-order chi connectivity index (χ1) is 19.6. The number of aryl methyl sites for hydroxylation is 1. The normalized spacial score (nSPS) is 15.7. The highest BCUT2D eigenvalue weighted by Gasteiger charge is 2.17. The third-order valence-electron chi connectivity index (χ3n) is 7.28. The molecule has 40 heavy (non-hydrogen) atoms. The summed E-state index contributed by atoms with van der Waals surface area (Å²) in [6.07, 6.45) is 3.72. The van der Waals surface area contributed by atoms with Crippen molar-refractivity contribution >= 4 is 17.0 Å². The van der Waals surface area contributed by atoms with Crippen molar-refractivity contribution < 1.29 is 18.9 Å². The summed E-state index contributed by atoms with van der Waals surface area (Å²) in [6, 6.07) is 6.38. The van der Waals surface area contributed by atoms with E-state index in [-0.39, 0.29) is 17.5 Å². The topological polar surface area (TPSA) is 133 Å². The number of nitrogens with one attached hydrogen (secondary N) is 1. The maximum atomic E-state index is 12.8. The van der Waals surface area contributed by atoms with Crippen molar-refractivity contribution in [2.75, 3.05) is 71.5 Å². The van der Waals surface area contributed by atoms with Crippen LogP contribution in [0, 0.1) is 0 Å². The quantitative estimate of drug-likeness (QED) is 0.285. The molecule has 2 aliphatic rings. The molecular formula is C28H41N7O5. The summed E-state index contributed by atoms with van der Waals surface area (Å²) in [5, 5.41) is 0. The highest BCUT2D eigenvalue weighted by Crippen LogP contribution is 2.31. The van der Waals surface area contributed by atoms with Gasteiger partial charge < -0.3 is 29.7 Å². The highest BCUT2D eigenvalue weighted by molar-refractivity contribution is 5.81. The van der Waals surface area contributed by atoms with Gasteiger partial charge in [-0.25, -0.2) is 4.79 Å². The third kappa shape index (κ3) is 7.23. The molecular weight excluding hydrogens is 514 g/mol. The number of hydrogen-bond acceptors (Lipinski definition) is 10. The number of imidazole rings is 1. The van der Waals surface area contributed by atoms with Gasteiger partial charge >= 0.3 is 11.7 Å². The van der Waals surface area contributed by atoms with Gasteiger partial charge in [-0.05, 0) is 50.0 Å². The van der Waals surface area contributed by atoms with Gasteiger partial charge in [-0.15, -0.1) is 0 Å². The monoisotopic (exact) mass is 555 g/mol. The summed E-state index contributed by atoms with van der Waals surface area (Å²) >= 11 is 0. The van der Waals surface area contributed by atoms with E-state index in [2.05, 4.69) is 43.8 Å². The van der Waals surface area contributed by atoms with Gasteiger partial charge in [-0.2, -0.15) is 9.97 Å². The van der Waals surface area contributed by atoms with Crippen LogP contribution in [0.3, 0.4) is 0 Å². The molecule has 2 aromatic heterocycles. The van der Waals surface area contributed by atoms with Gasteiger partial charge in [0.2, 0.25) is 0 Å². The number of aromatic amines is 1. The number of hydrogen-bond donors (Lipinski definition) is 2. The molecule has 218 valence electrons. The molecule has 12 heteroatoms. The summed E-state index contributed by atoms with van der Waals surface area (Å²) in [4.78, 5) is 29.2. The van der Waals surface area contributed by atoms with E-state index in [1.54, 1.807) is 4.57 Å². The molecule has 0 saturated carbocycles. The lowest BCUT2D eigenvalue weighted by Crippen LogP contribution is -2.38. The molecule has 0 unspecified atom stereocenters. The molecule has 3 N–H and O–H groups in total. The van der Waals surface area contributed by atoms with Crippen molar-refractivity contribution in [3.05, 3.63) is 34.2 Å². The number of rotatable bonds is 14. The molecule has 2 aliphatic heterocycles. The molecule has 1 saturated heterocycles. The fourth-order valence-corrected chi connectivity index (χ4v) is 5.12. The number of nitrogens with two attached hydrogens (primary N) is 1. The Labute approximate surface area is 234 Å². The fraction of sp³-hybridized carbons (Fsp3) is 0.607. The minimum absolute atomic E-state index is 0.203. The molecule has 0 atom stereocenters. The van der Waals surface area contributed by atoms with Crippen LogP contribution in [-0.2, 0) is 17.8 Å². The summed E-state index contributed by atoms with van der Waals surface area (Å²) in [6.45, 7) is 11.4. The van der Waals surface area contributed by atoms with Crippen molar-refractivity contribution in [3.8, 4) is 17.5 Å². The molecule has 1 aromatic carbocycles. The number of ether oxygens (including phenoxy) is 4. The Bertz CT molecular complexity index is 1300. The number of morpholine rings is 1. The Kier molecular flexibility index (Phi) is 9.74. The van der Waals surface area contributed by atoms with Crippen LogP contribution < -0.4 is 25.6 Å². The fourth-order valence-electron chi connectivity index (χ4n) is 5.12. The van der Waals surface area contributed by atoms with E-state index in [9.17, 15) is 4.79 Å². The summed E-state index contributed by atoms with van der Waals surface area (Å²) in [5.74, 6) is 1.82. The molecule has 5 rings (SSSR count). The van der Waals surface area contributed by atoms with Crippen LogP contribution in [0.4, 0.5) is 5.82 Å². The number of benzene rings is 1. The first-order valence-electron chi connectivity index (χ1n) is 14.4. The summed E-state index contributed by atoms with van der Waals surface area (Å²) < 4.78 is 24.3. The zero-order valence-electron chi connectivity index (χ0n) is 23.4. The van der Waals surface area contributed by atoms with Gasteiger partial charge in [0.15, 0.2) is 23.0 Å². The second kappa shape index (κ2) is 13.8. The molecule has 12 nitrogen and oxygen atoms in total. The maximum Gasteiger partial charge on any atom is 0.327 e. The molecule has 3 aromatic rings. The van der Waals surface area contributed by atoms with E-state index in [4.69, 9.17) is 24.7 Å². The van der Waals surface area contributed by atoms with E-state index in [0.29, 0.717) is 37.5 Å². The Morgan fingerprint density at radius 2 is 1.80 bits per heavy atom. The second-order valence-corrected chi connectivity index (χ2v) is 10.3. The number of nitrogen functional groups attached to an aromatic ring is 1. The Balaban J connectivity index is 1.25. The predicted molar refractivity (Wildman–Crippen MR) is 152 cm³/mol. The van der Waals surface area contributed by atoms with Crippen LogP contribution >= 0.6 is 0 Å². The van der Waals surface area contributed by atoms with Gasteiger partial charge in [-0.3, -0.25) is 14.4 Å². The zero-order chi connectivity index (χ0) is 27.7. The van der Waals surface area contributed by atoms with Crippen LogP contribution in [0.2, 0.25) is 0 Å². The van der Waals surface area contributed by atoms with Gasteiger partial charge in [-0.1, -0.05) is 19.4 Å². The summed E-state index contributed by atoms with van der Waals surface area (Å²) in [7, 11) is 0. The summed E-state index contributed by atoms with van der Waals surface area (Å²) in [5.41, 5.74) is 7.98. The largest absolute Gasteiger partial charge is 0.486 e. The van der Waals surface area contributed by atoms with Gasteiger partial charge in [0, 0.05) is 32.7 Å². The molecule has 0 radical (unpaired) electrons. The zero-order valence-corrected chi connectivity index (χ0v) is 23.4. The Morgan fingerprint density at radius 3 is 2.60 bits per heavy atom. The number of nitrogens with zero attached hydrogens (tertiary/aromatic N) is 5. The lowest BCUT2D eigenvalue weighted by molar-refractivity contribution is 0.0359. The van der Waals surface area contributed by atoms with Gasteiger partial charge in [0.25, 0.3) is 0 Å². The number of fused-ring (bicyclic) bond motifs is 2. The Hall–Kier alpha value is -3.35. The van der Waals surface area contributed by atoms with Gasteiger partial charge in [0.05, 0.1) is 19.8 Å². The molecule has 0 amide bonds. The van der Waals surface area contributed by atoms with Crippen LogP contribution in [0.25, 0.3) is 11.2 Å². The smallest absolute Gasteiger partial charge is 0.327 e. The number of H-pyrrole nitrogens is 1. The maximum absolute atomic E-state index is 12.8. The van der Waals surface area contributed by atoms with E-state index in [0.717, 1.165) is 89.7 Å². The van der Waals surface area contributed by atoms with Crippen molar-refractivity contribution in [1.29, 1.82) is 0 Å². The van der Waals surface area contributed by atoms with Crippen molar-refractivity contribution in [3.63, 3.8) is 0 Å². The number of aromatic nitrogens is 4. The van der Waals surface area contributed by atoms with Crippen molar-refractivity contribution in [1.82, 2.24) is 29.3 Å². The van der Waals surface area contributed by atoms with Crippen LogP contribution in [0.15, 0.2) is 23.0 Å². The van der Waals surface area contributed by atoms with E-state index in [1.807, 2.05) is 6.07 Å². The lowest BCUT2D eigenvalue weighted by Gasteiger charge is -2.28. The van der Waals surface area contributed by atoms with Crippen molar-refractivity contribution in [2.45, 2.75) is 45.7 Å². The van der Waals surface area contributed by atoms with Crippen LogP contribution in [0.1, 0.15) is 38.2 Å². The third-order valence-corrected chi connectivity index (χ3v) is 7.28. The van der Waals surface area contributed by atoms with Crippen molar-refractivity contribution in [2.24, 2.45) is 0 Å². The highest BCUT2D eigenvalue weighted by atomic mass is 16.6. The molecule has 1 fully saturated rings. The minimum Gasteiger partial charge on any atom is -0.486 e. The molecule has 4 heterocycles. The van der Waals surface area contributed by atoms with E-state index in [1.165, 1.54) is 5.56 Å². The average molecular weight is 556 g/mol. The average Bonchev–Trinajstić information content (AvgIpc) is 3.29. The van der Waals surface area contributed by atoms with E-state index >= 15 is 0 Å². The van der Waals surface area contributed by atoms with Gasteiger partial charge in [0.1, 0.15) is 18.7 Å². The first kappa shape index (κ1) is 28.2. The number of anilines is 1. The molecule has 0 spiro atoms. The lowest BCUT2D eigenvalue weighted by atomic mass is 10.1. The first-order valence-corrected chi connectivity index (χ1v) is 14.4. The van der Waals surface area contributed by atoms with Crippen LogP contribution in [-0.4, -0.2) is 95.1 Å². The number of unbranched alkanes of at least 4 members (excludes halogenated alkanes) is 1. The predicted octanol–water partition coefficient (Wildman–Crippen LogP) is 2.27. The van der Waals surface area contributed by atoms with Crippen LogP contribution in [0.5, 0.6) is 17.5 Å². The standard InChI is InChI=1S/C28H41N7O5/c1-2-3-14-40-27-31-25(29)24-26(32-27)35(28(36)30-24)11-5-10-34(9-4-8-33-12-15-37-16-13-33)20-21-6-7-22-23(19-21)39-18-17-38-22/h6-7,19H,2-5,8-18,20H2,1H3,(H,30,36)(H2,29,31,32). The second-order valence-electron chi connectivity index (χ2n) is 10.3. The molecule has 0 aliphatic carbocycles. The van der Waals surface area contributed by atoms with E-state index < -0.39 is 0 Å². The Morgan fingerprint density at radius 1 is 1.02 bits per heavy atom. The SMILES string of the molecule is CCCCOc1nc(N)c2[nH]c(=O)n(CCCN(CCCN3CCOCC3)Cc3ccc4c(c3)OCCO4)c2n1.